The van der Waals surface area contributed by atoms with Crippen LogP contribution in [-0.2, 0) is 25.7 Å². The van der Waals surface area contributed by atoms with Crippen molar-refractivity contribution >= 4 is 40.7 Å². The summed E-state index contributed by atoms with van der Waals surface area (Å²) in [5.41, 5.74) is 0. The Morgan fingerprint density at radius 2 is 2.00 bits per heavy atom. The minimum atomic E-state index is -0.594. The Morgan fingerprint density at radius 1 is 1.33 bits per heavy atom. The van der Waals surface area contributed by atoms with Crippen molar-refractivity contribution in [2.75, 3.05) is 6.54 Å². The molecule has 1 fully saturated rings. The van der Waals surface area contributed by atoms with Crippen LogP contribution in [0.3, 0.4) is 0 Å². The molecule has 7 heteroatoms. The van der Waals surface area contributed by atoms with E-state index in [4.69, 9.17) is 16.3 Å². The van der Waals surface area contributed by atoms with Crippen LogP contribution in [-0.4, -0.2) is 29.2 Å². The van der Waals surface area contributed by atoms with Crippen molar-refractivity contribution in [2.45, 2.75) is 19.4 Å². The second-order valence-corrected chi connectivity index (χ2v) is 5.54. The summed E-state index contributed by atoms with van der Waals surface area (Å²) in [6.07, 6.45) is 0.347. The van der Waals surface area contributed by atoms with Gasteiger partial charge in [-0.2, -0.15) is 0 Å². The molecule has 0 bridgehead atoms. The van der Waals surface area contributed by atoms with Gasteiger partial charge in [0.05, 0.1) is 4.34 Å². The number of carbonyl (C=O) groups is 3. The standard InChI is InChI=1S/C11H10ClNO4S/c12-8-2-1-7(18-8)6-17-11(16)5-13-9(14)3-4-10(13)15/h1-2H,3-6H2. The molecule has 2 rings (SSSR count). The largest absolute Gasteiger partial charge is 0.459 e. The smallest absolute Gasteiger partial charge is 0.326 e. The van der Waals surface area contributed by atoms with Crippen LogP contribution in [0.25, 0.3) is 0 Å². The van der Waals surface area contributed by atoms with Crippen LogP contribution in [0.5, 0.6) is 0 Å². The molecule has 1 aliphatic heterocycles. The van der Waals surface area contributed by atoms with E-state index < -0.39 is 5.97 Å². The fourth-order valence-electron chi connectivity index (χ4n) is 1.55. The third kappa shape index (κ3) is 3.08. The number of ether oxygens (including phenoxy) is 1. The molecule has 1 aliphatic rings. The predicted molar refractivity (Wildman–Crippen MR) is 65.1 cm³/mol. The molecule has 0 radical (unpaired) electrons. The van der Waals surface area contributed by atoms with Gasteiger partial charge in [0.25, 0.3) is 0 Å². The molecule has 2 amide bonds. The van der Waals surface area contributed by atoms with Crippen LogP contribution in [0.1, 0.15) is 17.7 Å². The highest BCUT2D eigenvalue weighted by Gasteiger charge is 2.30. The van der Waals surface area contributed by atoms with Gasteiger partial charge < -0.3 is 4.74 Å². The first kappa shape index (κ1) is 13.0. The molecule has 0 aliphatic carbocycles. The number of thiophene rings is 1. The molecule has 1 saturated heterocycles. The number of amides is 2. The fourth-order valence-corrected chi connectivity index (χ4v) is 2.56. The number of imide groups is 1. The van der Waals surface area contributed by atoms with E-state index in [1.165, 1.54) is 11.3 Å². The topological polar surface area (TPSA) is 63.7 Å². The van der Waals surface area contributed by atoms with Gasteiger partial charge in [0.1, 0.15) is 13.2 Å². The maximum atomic E-state index is 11.5. The van der Waals surface area contributed by atoms with E-state index in [1.807, 2.05) is 0 Å². The molecule has 0 unspecified atom stereocenters. The van der Waals surface area contributed by atoms with Crippen LogP contribution in [0.2, 0.25) is 4.34 Å². The molecule has 0 saturated carbocycles. The minimum absolute atomic E-state index is 0.104. The predicted octanol–water partition coefficient (Wildman–Crippen LogP) is 1.59. The first-order valence-electron chi connectivity index (χ1n) is 5.29. The van der Waals surface area contributed by atoms with Gasteiger partial charge in [0.15, 0.2) is 0 Å². The van der Waals surface area contributed by atoms with E-state index in [1.54, 1.807) is 12.1 Å². The van der Waals surface area contributed by atoms with Gasteiger partial charge in [0, 0.05) is 17.7 Å². The van der Waals surface area contributed by atoms with Gasteiger partial charge in [-0.05, 0) is 12.1 Å². The quantitative estimate of drug-likeness (QED) is 0.623. The van der Waals surface area contributed by atoms with Crippen molar-refractivity contribution in [3.05, 3.63) is 21.3 Å². The van der Waals surface area contributed by atoms with Gasteiger partial charge in [-0.25, -0.2) is 0 Å². The second kappa shape index (κ2) is 5.49. The molecular weight excluding hydrogens is 278 g/mol. The molecular formula is C11H10ClNO4S. The fraction of sp³-hybridized carbons (Fsp3) is 0.364. The van der Waals surface area contributed by atoms with Crippen molar-refractivity contribution in [2.24, 2.45) is 0 Å². The average Bonchev–Trinajstić information content (AvgIpc) is 2.87. The van der Waals surface area contributed by atoms with Crippen molar-refractivity contribution < 1.29 is 19.1 Å². The highest BCUT2D eigenvalue weighted by Crippen LogP contribution is 2.22. The zero-order chi connectivity index (χ0) is 13.1. The Hall–Kier alpha value is -1.40. The lowest BCUT2D eigenvalue weighted by molar-refractivity contribution is -0.153. The van der Waals surface area contributed by atoms with E-state index in [2.05, 4.69) is 0 Å². The maximum absolute atomic E-state index is 11.5. The molecule has 0 N–H and O–H groups in total. The number of esters is 1. The van der Waals surface area contributed by atoms with E-state index in [-0.39, 0.29) is 37.8 Å². The summed E-state index contributed by atoms with van der Waals surface area (Å²) in [5, 5.41) is 0. The van der Waals surface area contributed by atoms with Gasteiger partial charge in [-0.1, -0.05) is 11.6 Å². The molecule has 2 heterocycles. The Balaban J connectivity index is 1.82. The lowest BCUT2D eigenvalue weighted by Gasteiger charge is -2.12. The third-order valence-corrected chi connectivity index (χ3v) is 3.65. The molecule has 18 heavy (non-hydrogen) atoms. The monoisotopic (exact) mass is 287 g/mol. The number of carbonyl (C=O) groups excluding carboxylic acids is 3. The van der Waals surface area contributed by atoms with Gasteiger partial charge >= 0.3 is 5.97 Å². The summed E-state index contributed by atoms with van der Waals surface area (Å²) < 4.78 is 5.58. The second-order valence-electron chi connectivity index (χ2n) is 3.74. The number of hydrogen-bond donors (Lipinski definition) is 0. The summed E-state index contributed by atoms with van der Waals surface area (Å²) in [6, 6.07) is 3.47. The summed E-state index contributed by atoms with van der Waals surface area (Å²) in [7, 11) is 0. The number of rotatable bonds is 4. The minimum Gasteiger partial charge on any atom is -0.459 e. The molecule has 0 spiro atoms. The average molecular weight is 288 g/mol. The van der Waals surface area contributed by atoms with Gasteiger partial charge in [-0.15, -0.1) is 11.3 Å². The normalized spacial score (nSPS) is 15.3. The Labute approximate surface area is 112 Å². The summed E-state index contributed by atoms with van der Waals surface area (Å²) in [6.45, 7) is -0.205. The maximum Gasteiger partial charge on any atom is 0.326 e. The molecule has 1 aromatic rings. The molecule has 5 nitrogen and oxygen atoms in total. The lowest BCUT2D eigenvalue weighted by atomic mass is 10.4. The molecule has 96 valence electrons. The number of nitrogens with zero attached hydrogens (tertiary/aromatic N) is 1. The number of halogens is 1. The highest BCUT2D eigenvalue weighted by molar-refractivity contribution is 7.16. The Bertz CT molecular complexity index is 483. The van der Waals surface area contributed by atoms with Crippen molar-refractivity contribution in [3.8, 4) is 0 Å². The zero-order valence-corrected chi connectivity index (χ0v) is 10.9. The van der Waals surface area contributed by atoms with Crippen LogP contribution in [0, 0.1) is 0 Å². The lowest BCUT2D eigenvalue weighted by Crippen LogP contribution is -2.35. The number of hydrogen-bond acceptors (Lipinski definition) is 5. The van der Waals surface area contributed by atoms with Crippen LogP contribution < -0.4 is 0 Å². The SMILES string of the molecule is O=C(CN1C(=O)CCC1=O)OCc1ccc(Cl)s1. The van der Waals surface area contributed by atoms with Crippen molar-refractivity contribution in [3.63, 3.8) is 0 Å². The first-order valence-corrected chi connectivity index (χ1v) is 6.49. The first-order chi connectivity index (χ1) is 8.56. The van der Waals surface area contributed by atoms with Gasteiger partial charge in [-0.3, -0.25) is 19.3 Å². The van der Waals surface area contributed by atoms with Crippen LogP contribution in [0.4, 0.5) is 0 Å². The summed E-state index contributed by atoms with van der Waals surface area (Å²) in [5.74, 6) is -1.24. The Morgan fingerprint density at radius 3 is 2.56 bits per heavy atom. The summed E-state index contributed by atoms with van der Waals surface area (Å²) >= 11 is 7.05. The highest BCUT2D eigenvalue weighted by atomic mass is 35.5. The summed E-state index contributed by atoms with van der Waals surface area (Å²) in [4.78, 5) is 35.8. The molecule has 0 atom stereocenters. The van der Waals surface area contributed by atoms with Crippen molar-refractivity contribution in [1.29, 1.82) is 0 Å². The third-order valence-electron chi connectivity index (χ3n) is 2.45. The molecule has 0 aromatic carbocycles. The van der Waals surface area contributed by atoms with E-state index in [9.17, 15) is 14.4 Å². The zero-order valence-electron chi connectivity index (χ0n) is 9.35. The van der Waals surface area contributed by atoms with Gasteiger partial charge in [0.2, 0.25) is 11.8 Å². The van der Waals surface area contributed by atoms with E-state index in [0.29, 0.717) is 4.34 Å². The van der Waals surface area contributed by atoms with E-state index in [0.717, 1.165) is 9.78 Å². The number of likely N-dealkylation sites (tertiary alicyclic amines) is 1. The van der Waals surface area contributed by atoms with Crippen LogP contribution in [0.15, 0.2) is 12.1 Å². The van der Waals surface area contributed by atoms with Crippen LogP contribution >= 0.6 is 22.9 Å². The molecule has 1 aromatic heterocycles. The van der Waals surface area contributed by atoms with Crippen molar-refractivity contribution in [1.82, 2.24) is 4.90 Å². The Kier molecular flexibility index (Phi) is 3.98. The van der Waals surface area contributed by atoms with E-state index >= 15 is 0 Å².